The minimum Gasteiger partial charge on any atom is -0.289 e. The fourth-order valence-corrected chi connectivity index (χ4v) is 3.29. The second kappa shape index (κ2) is 5.94. The van der Waals surface area contributed by atoms with Gasteiger partial charge in [0.05, 0.1) is 4.91 Å². The van der Waals surface area contributed by atoms with Crippen molar-refractivity contribution < 1.29 is 22.8 Å². The van der Waals surface area contributed by atoms with Crippen LogP contribution in [-0.4, -0.2) is 17.1 Å². The van der Waals surface area contributed by atoms with Crippen molar-refractivity contribution >= 4 is 28.9 Å². The van der Waals surface area contributed by atoms with Crippen LogP contribution in [0.15, 0.2) is 53.4 Å². The van der Waals surface area contributed by atoms with Crippen LogP contribution in [0.4, 0.5) is 13.2 Å². The van der Waals surface area contributed by atoms with E-state index in [-0.39, 0.29) is 16.7 Å². The summed E-state index contributed by atoms with van der Waals surface area (Å²) in [7, 11) is 0. The molecule has 0 unspecified atom stereocenters. The molecule has 0 atom stereocenters. The van der Waals surface area contributed by atoms with E-state index in [1.165, 1.54) is 18.2 Å². The van der Waals surface area contributed by atoms with Gasteiger partial charge in [-0.1, -0.05) is 54.1 Å². The van der Waals surface area contributed by atoms with Gasteiger partial charge in [-0.15, -0.1) is 0 Å². The molecule has 0 radical (unpaired) electrons. The Kier molecular flexibility index (Phi) is 4.09. The Balaban J connectivity index is 2.24. The maximum absolute atomic E-state index is 12.9. The van der Waals surface area contributed by atoms with Crippen molar-refractivity contribution in [2.45, 2.75) is 12.4 Å². The van der Waals surface area contributed by atoms with E-state index >= 15 is 0 Å². The van der Waals surface area contributed by atoms with Crippen molar-refractivity contribution in [1.82, 2.24) is 0 Å². The maximum Gasteiger partial charge on any atom is 0.446 e. The van der Waals surface area contributed by atoms with Gasteiger partial charge in [0.25, 0.3) is 0 Å². The molecular weight excluding hydrogens is 337 g/mol. The number of ketones is 2. The van der Waals surface area contributed by atoms with E-state index in [2.05, 4.69) is 0 Å². The van der Waals surface area contributed by atoms with E-state index in [1.54, 1.807) is 30.3 Å². The van der Waals surface area contributed by atoms with Crippen LogP contribution in [-0.2, 0) is 0 Å². The van der Waals surface area contributed by atoms with Gasteiger partial charge in [0, 0.05) is 16.7 Å². The number of halogens is 3. The number of carbonyl (C=O) groups excluding carboxylic acids is 2. The summed E-state index contributed by atoms with van der Waals surface area (Å²) < 4.78 is 38.8. The molecule has 24 heavy (non-hydrogen) atoms. The van der Waals surface area contributed by atoms with Crippen LogP contribution in [0.1, 0.15) is 31.8 Å². The number of Topliss-reactive ketones (excluding diaryl/α,β-unsaturated/α-hetero) is 2. The van der Waals surface area contributed by atoms with Crippen molar-refractivity contribution in [2.75, 3.05) is 0 Å². The Bertz CT molecular complexity index is 865. The van der Waals surface area contributed by atoms with Crippen LogP contribution in [0.2, 0.25) is 0 Å². The van der Waals surface area contributed by atoms with Gasteiger partial charge in [-0.05, 0) is 24.2 Å². The molecule has 2 nitrogen and oxygen atoms in total. The van der Waals surface area contributed by atoms with E-state index < -0.39 is 33.7 Å². The summed E-state index contributed by atoms with van der Waals surface area (Å²) in [5, 5.41) is 0. The average Bonchev–Trinajstić information content (AvgIpc) is 2.53. The first-order valence-corrected chi connectivity index (χ1v) is 7.85. The van der Waals surface area contributed by atoms with Crippen molar-refractivity contribution in [3.05, 3.63) is 75.7 Å². The van der Waals surface area contributed by atoms with Crippen molar-refractivity contribution in [3.63, 3.8) is 0 Å². The first-order chi connectivity index (χ1) is 11.3. The van der Waals surface area contributed by atoms with E-state index in [1.807, 2.05) is 6.92 Å². The maximum atomic E-state index is 12.9. The number of aryl methyl sites for hydroxylation is 1. The van der Waals surface area contributed by atoms with Gasteiger partial charge in [0.1, 0.15) is 0 Å². The van der Waals surface area contributed by atoms with Crippen LogP contribution in [0.3, 0.4) is 0 Å². The predicted molar refractivity (Wildman–Crippen MR) is 86.8 cm³/mol. The van der Waals surface area contributed by atoms with Gasteiger partial charge in [-0.2, -0.15) is 13.2 Å². The molecule has 1 aliphatic rings. The number of allylic oxidation sites excluding steroid dienone is 2. The van der Waals surface area contributed by atoms with Crippen molar-refractivity contribution in [1.29, 1.82) is 0 Å². The summed E-state index contributed by atoms with van der Waals surface area (Å²) in [6.07, 6.45) is 0. The second-order valence-electron chi connectivity index (χ2n) is 5.32. The summed E-state index contributed by atoms with van der Waals surface area (Å²) in [6.45, 7) is 1.83. The molecule has 6 heteroatoms. The van der Waals surface area contributed by atoms with Crippen LogP contribution in [0.5, 0.6) is 0 Å². The Morgan fingerprint density at radius 2 is 1.38 bits per heavy atom. The number of rotatable bonds is 2. The molecule has 0 fully saturated rings. The number of fused-ring (bicyclic) bond motifs is 1. The van der Waals surface area contributed by atoms with Crippen LogP contribution >= 0.6 is 11.8 Å². The monoisotopic (exact) mass is 348 g/mol. The van der Waals surface area contributed by atoms with Gasteiger partial charge < -0.3 is 0 Å². The van der Waals surface area contributed by atoms with Gasteiger partial charge in [0.15, 0.2) is 5.78 Å². The molecule has 3 rings (SSSR count). The normalized spacial score (nSPS) is 14.8. The molecule has 0 spiro atoms. The summed E-state index contributed by atoms with van der Waals surface area (Å²) in [5.41, 5.74) is -3.51. The fraction of sp³-hybridized carbons (Fsp3) is 0.111. The topological polar surface area (TPSA) is 34.1 Å². The molecular formula is C18H11F3O2S. The Morgan fingerprint density at radius 3 is 1.92 bits per heavy atom. The number of alkyl halides is 3. The molecule has 122 valence electrons. The number of thioether (sulfide) groups is 1. The molecule has 2 aromatic rings. The Labute approximate surface area is 140 Å². The van der Waals surface area contributed by atoms with Gasteiger partial charge in [-0.25, -0.2) is 0 Å². The third-order valence-electron chi connectivity index (χ3n) is 3.63. The van der Waals surface area contributed by atoms with E-state index in [0.29, 0.717) is 5.56 Å². The van der Waals surface area contributed by atoms with Crippen LogP contribution < -0.4 is 0 Å². The van der Waals surface area contributed by atoms with E-state index in [4.69, 9.17) is 0 Å². The van der Waals surface area contributed by atoms with Crippen LogP contribution in [0.25, 0.3) is 5.57 Å². The highest BCUT2D eigenvalue weighted by Gasteiger charge is 2.40. The standard InChI is InChI=1S/C18H11F3O2S/c1-10-6-8-11(9-7-10)14-15(22)12-4-2-3-5-13(12)16(23)17(14)24-18(19,20)21/h2-9H,1H3. The lowest BCUT2D eigenvalue weighted by Gasteiger charge is -2.21. The van der Waals surface area contributed by atoms with E-state index in [9.17, 15) is 22.8 Å². The number of hydrogen-bond donors (Lipinski definition) is 0. The molecule has 1 aliphatic carbocycles. The first kappa shape index (κ1) is 16.5. The Hall–Kier alpha value is -2.34. The third-order valence-corrected chi connectivity index (χ3v) is 4.46. The molecule has 0 saturated carbocycles. The van der Waals surface area contributed by atoms with Gasteiger partial charge in [-0.3, -0.25) is 9.59 Å². The van der Waals surface area contributed by atoms with Crippen molar-refractivity contribution in [2.24, 2.45) is 0 Å². The lowest BCUT2D eigenvalue weighted by atomic mass is 9.86. The highest BCUT2D eigenvalue weighted by atomic mass is 32.2. The molecule has 0 N–H and O–H groups in total. The summed E-state index contributed by atoms with van der Waals surface area (Å²) in [4.78, 5) is 24.7. The quantitative estimate of drug-likeness (QED) is 0.763. The van der Waals surface area contributed by atoms with Crippen LogP contribution in [0, 0.1) is 6.92 Å². The zero-order valence-corrected chi connectivity index (χ0v) is 13.3. The minimum atomic E-state index is -4.66. The molecule has 0 aliphatic heterocycles. The smallest absolute Gasteiger partial charge is 0.289 e. The molecule has 2 aromatic carbocycles. The number of carbonyl (C=O) groups is 2. The zero-order valence-electron chi connectivity index (χ0n) is 12.5. The molecule has 0 amide bonds. The highest BCUT2D eigenvalue weighted by Crippen LogP contribution is 2.44. The molecule has 0 saturated heterocycles. The molecule has 0 bridgehead atoms. The fourth-order valence-electron chi connectivity index (χ4n) is 2.55. The van der Waals surface area contributed by atoms with Gasteiger partial charge >= 0.3 is 5.51 Å². The minimum absolute atomic E-state index is 0.00473. The molecule has 0 aromatic heterocycles. The average molecular weight is 348 g/mol. The van der Waals surface area contributed by atoms with E-state index in [0.717, 1.165) is 5.56 Å². The number of hydrogen-bond acceptors (Lipinski definition) is 3. The largest absolute Gasteiger partial charge is 0.446 e. The zero-order chi connectivity index (χ0) is 17.5. The van der Waals surface area contributed by atoms with Gasteiger partial charge in [0.2, 0.25) is 5.78 Å². The first-order valence-electron chi connectivity index (χ1n) is 7.03. The number of benzene rings is 2. The predicted octanol–water partition coefficient (Wildman–Crippen LogP) is 5.04. The third kappa shape index (κ3) is 3.01. The lowest BCUT2D eigenvalue weighted by molar-refractivity contribution is -0.0322. The summed E-state index contributed by atoms with van der Waals surface area (Å²) in [6, 6.07) is 12.4. The lowest BCUT2D eigenvalue weighted by Crippen LogP contribution is -2.21. The molecule has 0 heterocycles. The summed E-state index contributed by atoms with van der Waals surface area (Å²) in [5.74, 6) is -1.34. The van der Waals surface area contributed by atoms with Crippen molar-refractivity contribution in [3.8, 4) is 0 Å². The SMILES string of the molecule is Cc1ccc(C2=C(SC(F)(F)F)C(=O)c3ccccc3C2=O)cc1. The Morgan fingerprint density at radius 1 is 0.833 bits per heavy atom. The highest BCUT2D eigenvalue weighted by molar-refractivity contribution is 8.05. The summed E-state index contributed by atoms with van der Waals surface area (Å²) >= 11 is -0.530. The second-order valence-corrected chi connectivity index (χ2v) is 6.40.